The summed E-state index contributed by atoms with van der Waals surface area (Å²) in [4.78, 5) is 28.6. The number of carbonyl (C=O) groups excluding carboxylic acids is 2. The molecule has 0 aliphatic carbocycles. The highest BCUT2D eigenvalue weighted by Crippen LogP contribution is 2.47. The predicted octanol–water partition coefficient (Wildman–Crippen LogP) is 4.97. The van der Waals surface area contributed by atoms with Crippen LogP contribution in [0.2, 0.25) is 0 Å². The molecule has 0 saturated carbocycles. The maximum Gasteiger partial charge on any atom is 0.300 e. The maximum atomic E-state index is 13.6. The molecule has 2 aliphatic heterocycles. The lowest BCUT2D eigenvalue weighted by Crippen LogP contribution is -2.30. The number of ketones is 1. The number of aliphatic hydroxyl groups is 1. The molecule has 8 heteroatoms. The number of anilines is 1. The molecule has 38 heavy (non-hydrogen) atoms. The molecule has 1 fully saturated rings. The maximum absolute atomic E-state index is 13.6. The van der Waals surface area contributed by atoms with Crippen molar-refractivity contribution >= 4 is 23.1 Å². The number of hydrogen-bond donors (Lipinski definition) is 1. The first-order valence-corrected chi connectivity index (χ1v) is 12.3. The Labute approximate surface area is 221 Å². The topological polar surface area (TPSA) is 94.5 Å². The van der Waals surface area contributed by atoms with Crippen LogP contribution in [0.25, 0.3) is 5.76 Å². The molecule has 8 nitrogen and oxygen atoms in total. The molecular weight excluding hydrogens is 486 g/mol. The van der Waals surface area contributed by atoms with Crippen LogP contribution in [0.1, 0.15) is 34.7 Å². The summed E-state index contributed by atoms with van der Waals surface area (Å²) < 4.78 is 22.3. The molecule has 2 aliphatic rings. The quantitative estimate of drug-likeness (QED) is 0.281. The van der Waals surface area contributed by atoms with Gasteiger partial charge in [-0.3, -0.25) is 14.5 Å². The number of aliphatic hydroxyl groups excluding tert-OH is 1. The summed E-state index contributed by atoms with van der Waals surface area (Å²) in [5.74, 6) is 0.0906. The van der Waals surface area contributed by atoms with Crippen LogP contribution in [0.15, 0.2) is 60.2 Å². The SMILES string of the molecule is COc1cc(C2/C(=C(\O)c3ccc4c(c3)CCCO4)C(=O)C(=O)N2c2ccccc2C)cc(OC)c1OC. The van der Waals surface area contributed by atoms with Crippen LogP contribution < -0.4 is 23.8 Å². The standard InChI is InChI=1S/C30H29NO7/c1-17-8-5-6-10-21(17)31-26(20-15-23(35-2)29(37-4)24(16-20)36-3)25(28(33)30(31)34)27(32)19-11-12-22-18(14-19)9-7-13-38-22/h5-6,8,10-12,14-16,26,32H,7,9,13H2,1-4H3/b27-25+. The number of Topliss-reactive ketones (excluding diaryl/α,β-unsaturated/α-hetero) is 1. The minimum absolute atomic E-state index is 0.0239. The number of nitrogens with zero attached hydrogens (tertiary/aromatic N) is 1. The summed E-state index contributed by atoms with van der Waals surface area (Å²) in [6, 6.07) is 15.0. The monoisotopic (exact) mass is 515 g/mol. The second-order valence-electron chi connectivity index (χ2n) is 9.19. The van der Waals surface area contributed by atoms with Gasteiger partial charge in [-0.25, -0.2) is 0 Å². The normalized spacial score (nSPS) is 18.1. The van der Waals surface area contributed by atoms with Crippen molar-refractivity contribution in [3.05, 3.63) is 82.4 Å². The van der Waals surface area contributed by atoms with E-state index in [1.165, 1.54) is 26.2 Å². The number of benzene rings is 3. The molecule has 1 saturated heterocycles. The Morgan fingerprint density at radius 1 is 0.974 bits per heavy atom. The summed E-state index contributed by atoms with van der Waals surface area (Å²) in [7, 11) is 4.49. The fraction of sp³-hybridized carbons (Fsp3) is 0.267. The molecule has 3 aromatic rings. The molecular formula is C30H29NO7. The van der Waals surface area contributed by atoms with Gasteiger partial charge in [-0.2, -0.15) is 0 Å². The molecule has 2 heterocycles. The van der Waals surface area contributed by atoms with E-state index in [0.717, 1.165) is 29.7 Å². The van der Waals surface area contributed by atoms with Gasteiger partial charge >= 0.3 is 0 Å². The summed E-state index contributed by atoms with van der Waals surface area (Å²) in [6.07, 6.45) is 1.66. The van der Waals surface area contributed by atoms with Crippen LogP contribution in [0, 0.1) is 6.92 Å². The van der Waals surface area contributed by atoms with Gasteiger partial charge in [0.1, 0.15) is 11.5 Å². The van der Waals surface area contributed by atoms with E-state index >= 15 is 0 Å². The van der Waals surface area contributed by atoms with Gasteiger partial charge < -0.3 is 24.1 Å². The van der Waals surface area contributed by atoms with Crippen molar-refractivity contribution in [2.24, 2.45) is 0 Å². The third-order valence-corrected chi connectivity index (χ3v) is 7.00. The minimum atomic E-state index is -0.947. The van der Waals surface area contributed by atoms with Crippen molar-refractivity contribution in [2.75, 3.05) is 32.8 Å². The largest absolute Gasteiger partial charge is 0.507 e. The van der Waals surface area contributed by atoms with Crippen molar-refractivity contribution < 1.29 is 33.6 Å². The molecule has 1 atom stereocenters. The third-order valence-electron chi connectivity index (χ3n) is 7.00. The fourth-order valence-corrected chi connectivity index (χ4v) is 5.15. The van der Waals surface area contributed by atoms with Gasteiger partial charge in [0.25, 0.3) is 11.7 Å². The zero-order valence-electron chi connectivity index (χ0n) is 21.7. The molecule has 1 N–H and O–H groups in total. The van der Waals surface area contributed by atoms with Crippen molar-refractivity contribution in [3.63, 3.8) is 0 Å². The molecule has 0 bridgehead atoms. The van der Waals surface area contributed by atoms with Gasteiger partial charge in [-0.1, -0.05) is 18.2 Å². The average Bonchev–Trinajstić information content (AvgIpc) is 3.21. The second-order valence-corrected chi connectivity index (χ2v) is 9.19. The van der Waals surface area contributed by atoms with Crippen molar-refractivity contribution in [1.29, 1.82) is 0 Å². The number of fused-ring (bicyclic) bond motifs is 1. The van der Waals surface area contributed by atoms with Gasteiger partial charge in [0, 0.05) is 11.3 Å². The first kappa shape index (κ1) is 25.2. The number of aryl methyl sites for hydroxylation is 2. The Hall–Kier alpha value is -4.46. The highest BCUT2D eigenvalue weighted by molar-refractivity contribution is 6.51. The molecule has 196 valence electrons. The van der Waals surface area contributed by atoms with Crippen molar-refractivity contribution in [1.82, 2.24) is 0 Å². The van der Waals surface area contributed by atoms with Gasteiger partial charge in [0.2, 0.25) is 5.75 Å². The van der Waals surface area contributed by atoms with Crippen molar-refractivity contribution in [3.8, 4) is 23.0 Å². The van der Waals surface area contributed by atoms with Crippen molar-refractivity contribution in [2.45, 2.75) is 25.8 Å². The second kappa shape index (κ2) is 10.1. The molecule has 0 radical (unpaired) electrons. The lowest BCUT2D eigenvalue weighted by molar-refractivity contribution is -0.132. The number of ether oxygens (including phenoxy) is 4. The van der Waals surface area contributed by atoms with E-state index in [1.54, 1.807) is 36.4 Å². The van der Waals surface area contributed by atoms with Gasteiger partial charge in [-0.05, 0) is 72.9 Å². The summed E-state index contributed by atoms with van der Waals surface area (Å²) >= 11 is 0. The number of amides is 1. The smallest absolute Gasteiger partial charge is 0.300 e. The number of carbonyl (C=O) groups is 2. The molecule has 1 amide bonds. The lowest BCUT2D eigenvalue weighted by atomic mass is 9.93. The first-order valence-electron chi connectivity index (χ1n) is 12.3. The molecule has 5 rings (SSSR count). The zero-order valence-corrected chi connectivity index (χ0v) is 21.7. The van der Waals surface area contributed by atoms with E-state index in [-0.39, 0.29) is 11.3 Å². The van der Waals surface area contributed by atoms with Gasteiger partial charge in [0.05, 0.1) is 39.6 Å². The minimum Gasteiger partial charge on any atom is -0.507 e. The zero-order chi connectivity index (χ0) is 27.0. The van der Waals surface area contributed by atoms with E-state index in [1.807, 2.05) is 25.1 Å². The lowest BCUT2D eigenvalue weighted by Gasteiger charge is -2.28. The van der Waals surface area contributed by atoms with E-state index in [2.05, 4.69) is 0 Å². The van der Waals surface area contributed by atoms with E-state index in [4.69, 9.17) is 18.9 Å². The predicted molar refractivity (Wildman–Crippen MR) is 142 cm³/mol. The first-order chi connectivity index (χ1) is 18.4. The van der Waals surface area contributed by atoms with Crippen LogP contribution in [0.3, 0.4) is 0 Å². The van der Waals surface area contributed by atoms with Crippen LogP contribution in [0.5, 0.6) is 23.0 Å². The van der Waals surface area contributed by atoms with Crippen LogP contribution in [-0.2, 0) is 16.0 Å². The van der Waals surface area contributed by atoms with Crippen LogP contribution in [-0.4, -0.2) is 44.7 Å². The molecule has 1 unspecified atom stereocenters. The third kappa shape index (κ3) is 4.12. The van der Waals surface area contributed by atoms with Crippen LogP contribution >= 0.6 is 0 Å². The Morgan fingerprint density at radius 2 is 1.68 bits per heavy atom. The van der Waals surface area contributed by atoms with E-state index in [0.29, 0.717) is 40.7 Å². The summed E-state index contributed by atoms with van der Waals surface area (Å²) in [6.45, 7) is 2.51. The Balaban J connectivity index is 1.76. The molecule has 0 spiro atoms. The Bertz CT molecular complexity index is 1430. The number of methoxy groups -OCH3 is 3. The summed E-state index contributed by atoms with van der Waals surface area (Å²) in [5, 5.41) is 11.6. The number of hydrogen-bond acceptors (Lipinski definition) is 7. The molecule has 0 aromatic heterocycles. The highest BCUT2D eigenvalue weighted by Gasteiger charge is 2.48. The van der Waals surface area contributed by atoms with E-state index < -0.39 is 17.7 Å². The van der Waals surface area contributed by atoms with Crippen LogP contribution in [0.4, 0.5) is 5.69 Å². The van der Waals surface area contributed by atoms with E-state index in [9.17, 15) is 14.7 Å². The average molecular weight is 516 g/mol. The highest BCUT2D eigenvalue weighted by atomic mass is 16.5. The Kier molecular flexibility index (Phi) is 6.72. The Morgan fingerprint density at radius 3 is 2.34 bits per heavy atom. The molecule has 3 aromatic carbocycles. The van der Waals surface area contributed by atoms with Gasteiger partial charge in [0.15, 0.2) is 11.5 Å². The summed E-state index contributed by atoms with van der Waals surface area (Å²) in [5.41, 5.74) is 3.24. The fourth-order valence-electron chi connectivity index (χ4n) is 5.15. The number of rotatable bonds is 6. The van der Waals surface area contributed by atoms with Gasteiger partial charge in [-0.15, -0.1) is 0 Å². The number of para-hydroxylation sites is 1.